The summed E-state index contributed by atoms with van der Waals surface area (Å²) < 4.78 is 0. The maximum Gasteiger partial charge on any atom is 0.280 e. The van der Waals surface area contributed by atoms with E-state index >= 15 is 0 Å². The Balaban J connectivity index is 1.50. The molecule has 4 rings (SSSR count). The average molecular weight is 407 g/mol. The summed E-state index contributed by atoms with van der Waals surface area (Å²) in [6.07, 6.45) is 6.58. The summed E-state index contributed by atoms with van der Waals surface area (Å²) in [5.41, 5.74) is 10.3. The zero-order valence-electron chi connectivity index (χ0n) is 17.6. The summed E-state index contributed by atoms with van der Waals surface area (Å²) in [7, 11) is 0. The van der Waals surface area contributed by atoms with Crippen molar-refractivity contribution in [3.8, 4) is 11.1 Å². The number of hydrogen-bond acceptors (Lipinski definition) is 5. The fourth-order valence-electron chi connectivity index (χ4n) is 4.32. The Morgan fingerprint density at radius 3 is 2.60 bits per heavy atom. The predicted molar refractivity (Wildman–Crippen MR) is 119 cm³/mol. The number of benzene rings is 1. The predicted octanol–water partition coefficient (Wildman–Crippen LogP) is 3.83. The zero-order chi connectivity index (χ0) is 21.1. The van der Waals surface area contributed by atoms with Crippen molar-refractivity contribution in [1.82, 2.24) is 9.88 Å². The van der Waals surface area contributed by atoms with Gasteiger partial charge in [0.05, 0.1) is 11.7 Å². The van der Waals surface area contributed by atoms with Gasteiger partial charge in [-0.2, -0.15) is 0 Å². The highest BCUT2D eigenvalue weighted by Gasteiger charge is 2.20. The van der Waals surface area contributed by atoms with E-state index in [0.29, 0.717) is 37.3 Å². The van der Waals surface area contributed by atoms with Gasteiger partial charge in [0.15, 0.2) is 0 Å². The summed E-state index contributed by atoms with van der Waals surface area (Å²) in [4.78, 5) is 23.7. The van der Waals surface area contributed by atoms with Gasteiger partial charge >= 0.3 is 0 Å². The lowest BCUT2D eigenvalue weighted by molar-refractivity contribution is 0.100. The maximum absolute atomic E-state index is 12.7. The summed E-state index contributed by atoms with van der Waals surface area (Å²) >= 11 is 0. The Morgan fingerprint density at radius 2 is 1.93 bits per heavy atom. The van der Waals surface area contributed by atoms with Gasteiger partial charge < -0.3 is 10.8 Å². The van der Waals surface area contributed by atoms with Crippen LogP contribution in [0.5, 0.6) is 0 Å². The molecule has 1 aliphatic carbocycles. The molecular weight excluding hydrogens is 376 g/mol. The van der Waals surface area contributed by atoms with Crippen molar-refractivity contribution in [3.63, 3.8) is 0 Å². The molecule has 2 heterocycles. The Labute approximate surface area is 177 Å². The average Bonchev–Trinajstić information content (AvgIpc) is 3.15. The molecule has 0 radical (unpaired) electrons. The second kappa shape index (κ2) is 9.06. The van der Waals surface area contributed by atoms with Crippen molar-refractivity contribution in [1.29, 1.82) is 0 Å². The van der Waals surface area contributed by atoms with E-state index in [0.717, 1.165) is 29.9 Å². The van der Waals surface area contributed by atoms with Crippen molar-refractivity contribution < 1.29 is 9.90 Å². The first kappa shape index (κ1) is 20.7. The third-order valence-corrected chi connectivity index (χ3v) is 6.30. The topological polar surface area (TPSA) is 91.8 Å². The molecule has 2 aromatic rings. The minimum absolute atomic E-state index is 0.198. The number of nitrogens with two attached hydrogens (primary N) is 1. The molecule has 6 nitrogen and oxygen atoms in total. The van der Waals surface area contributed by atoms with E-state index < -0.39 is 0 Å². The lowest BCUT2D eigenvalue weighted by Gasteiger charge is -2.21. The van der Waals surface area contributed by atoms with Crippen LogP contribution in [-0.2, 0) is 6.54 Å². The van der Waals surface area contributed by atoms with E-state index in [1.165, 1.54) is 18.4 Å². The van der Waals surface area contributed by atoms with Gasteiger partial charge in [0.2, 0.25) is 0 Å². The molecule has 1 aromatic carbocycles. The molecule has 1 saturated carbocycles. The standard InChI is InChI=1S/C24H30N4O2/c1-16-3-2-12-28(16)15-17-4-6-18(7-5-17)19-13-22(23(25)26-14-19)24(30)27-20-8-10-21(29)11-9-20/h4-7,13-14,16,21,29H,2-3,8-12,15H2,1H3,(H2,25,26)/t16-,21?/m1/s1. The molecule has 0 spiro atoms. The molecule has 2 aliphatic rings. The summed E-state index contributed by atoms with van der Waals surface area (Å²) in [5.74, 6) is -0.156. The molecular formula is C24H30N4O2. The molecule has 6 heteroatoms. The quantitative estimate of drug-likeness (QED) is 0.805. The van der Waals surface area contributed by atoms with E-state index in [1.54, 1.807) is 12.3 Å². The highest BCUT2D eigenvalue weighted by molar-refractivity contribution is 6.07. The molecule has 1 aliphatic heterocycles. The van der Waals surface area contributed by atoms with Gasteiger partial charge in [-0.25, -0.2) is 9.98 Å². The van der Waals surface area contributed by atoms with Crippen LogP contribution in [0, 0.1) is 0 Å². The number of carbonyl (C=O) groups is 1. The van der Waals surface area contributed by atoms with Gasteiger partial charge in [-0.05, 0) is 69.2 Å². The first-order valence-electron chi connectivity index (χ1n) is 10.9. The van der Waals surface area contributed by atoms with Crippen molar-refractivity contribution in [2.75, 3.05) is 12.3 Å². The largest absolute Gasteiger partial charge is 0.393 e. The number of rotatable bonds is 4. The SMILES string of the molecule is C[C@@H]1CCCN1Cc1ccc(-c2cnc(N)c(C(=O)N=C3CCC(O)CC3)c2)cc1. The first-order chi connectivity index (χ1) is 14.5. The smallest absolute Gasteiger partial charge is 0.280 e. The van der Waals surface area contributed by atoms with Crippen LogP contribution in [0.25, 0.3) is 11.1 Å². The van der Waals surface area contributed by atoms with Crippen molar-refractivity contribution >= 4 is 17.4 Å². The van der Waals surface area contributed by atoms with Gasteiger partial charge in [0, 0.05) is 30.1 Å². The molecule has 1 amide bonds. The number of anilines is 1. The number of aliphatic hydroxyl groups is 1. The lowest BCUT2D eigenvalue weighted by Crippen LogP contribution is -2.26. The van der Waals surface area contributed by atoms with E-state index in [2.05, 4.69) is 46.1 Å². The van der Waals surface area contributed by atoms with E-state index in [9.17, 15) is 9.90 Å². The number of likely N-dealkylation sites (tertiary alicyclic amines) is 1. The highest BCUT2D eigenvalue weighted by Crippen LogP contribution is 2.25. The zero-order valence-corrected chi connectivity index (χ0v) is 17.6. The second-order valence-corrected chi connectivity index (χ2v) is 8.53. The minimum atomic E-state index is -0.354. The number of hydrogen-bond donors (Lipinski definition) is 2. The molecule has 0 bridgehead atoms. The molecule has 1 saturated heterocycles. The number of aliphatic hydroxyl groups excluding tert-OH is 1. The number of nitrogen functional groups attached to an aromatic ring is 1. The molecule has 2 fully saturated rings. The van der Waals surface area contributed by atoms with Gasteiger partial charge in [-0.15, -0.1) is 0 Å². The van der Waals surface area contributed by atoms with E-state index in [1.807, 2.05) is 0 Å². The van der Waals surface area contributed by atoms with Gasteiger partial charge in [0.25, 0.3) is 5.91 Å². The van der Waals surface area contributed by atoms with Crippen LogP contribution in [0.4, 0.5) is 5.82 Å². The molecule has 1 aromatic heterocycles. The number of pyridine rings is 1. The van der Waals surface area contributed by atoms with E-state index in [4.69, 9.17) is 5.73 Å². The summed E-state index contributed by atoms with van der Waals surface area (Å²) in [6.45, 7) is 4.42. The van der Waals surface area contributed by atoms with Crippen molar-refractivity contribution in [2.24, 2.45) is 4.99 Å². The minimum Gasteiger partial charge on any atom is -0.393 e. The van der Waals surface area contributed by atoms with Crippen LogP contribution in [0.3, 0.4) is 0 Å². The Morgan fingerprint density at radius 1 is 1.20 bits per heavy atom. The van der Waals surface area contributed by atoms with Crippen LogP contribution in [0.2, 0.25) is 0 Å². The number of nitrogens with zero attached hydrogens (tertiary/aromatic N) is 3. The Hall–Kier alpha value is -2.57. The van der Waals surface area contributed by atoms with Crippen LogP contribution in [0.1, 0.15) is 61.4 Å². The third kappa shape index (κ3) is 4.77. The molecule has 1 atom stereocenters. The first-order valence-corrected chi connectivity index (χ1v) is 10.9. The van der Waals surface area contributed by atoms with Crippen LogP contribution in [-0.4, -0.2) is 45.3 Å². The molecule has 0 unspecified atom stereocenters. The van der Waals surface area contributed by atoms with E-state index in [-0.39, 0.29) is 17.8 Å². The molecule has 3 N–H and O–H groups in total. The molecule has 30 heavy (non-hydrogen) atoms. The summed E-state index contributed by atoms with van der Waals surface area (Å²) in [5, 5.41) is 9.62. The number of carbonyl (C=O) groups excluding carboxylic acids is 1. The highest BCUT2D eigenvalue weighted by atomic mass is 16.3. The number of amides is 1. The van der Waals surface area contributed by atoms with Gasteiger partial charge in [0.1, 0.15) is 5.82 Å². The summed E-state index contributed by atoms with van der Waals surface area (Å²) in [6, 6.07) is 10.9. The number of aliphatic imine (C=N–C) groups is 1. The fourth-order valence-corrected chi connectivity index (χ4v) is 4.32. The Kier molecular flexibility index (Phi) is 6.25. The second-order valence-electron chi connectivity index (χ2n) is 8.53. The van der Waals surface area contributed by atoms with Gasteiger partial charge in [-0.1, -0.05) is 24.3 Å². The molecule has 158 valence electrons. The van der Waals surface area contributed by atoms with Crippen molar-refractivity contribution in [2.45, 2.75) is 64.1 Å². The third-order valence-electron chi connectivity index (χ3n) is 6.30. The fraction of sp³-hybridized carbons (Fsp3) is 0.458. The van der Waals surface area contributed by atoms with Crippen LogP contribution >= 0.6 is 0 Å². The normalized spacial score (nSPS) is 22.3. The Bertz CT molecular complexity index is 929. The maximum atomic E-state index is 12.7. The van der Waals surface area contributed by atoms with Crippen LogP contribution in [0.15, 0.2) is 41.5 Å². The lowest BCUT2D eigenvalue weighted by atomic mass is 9.96. The monoisotopic (exact) mass is 406 g/mol. The number of aromatic nitrogens is 1. The van der Waals surface area contributed by atoms with Crippen LogP contribution < -0.4 is 5.73 Å². The van der Waals surface area contributed by atoms with Crippen molar-refractivity contribution in [3.05, 3.63) is 47.7 Å². The van der Waals surface area contributed by atoms with Gasteiger partial charge in [-0.3, -0.25) is 9.69 Å².